The molecule has 7 heteroatoms. The van der Waals surface area contributed by atoms with E-state index in [1.165, 1.54) is 0 Å². The fourth-order valence-corrected chi connectivity index (χ4v) is 2.14. The van der Waals surface area contributed by atoms with E-state index in [1.54, 1.807) is 22.1 Å². The van der Waals surface area contributed by atoms with Crippen molar-refractivity contribution in [3.8, 4) is 5.69 Å². The Morgan fingerprint density at radius 2 is 2.09 bits per heavy atom. The van der Waals surface area contributed by atoms with E-state index in [2.05, 4.69) is 19.9 Å². The molecule has 0 fully saturated rings. The van der Waals surface area contributed by atoms with Gasteiger partial charge in [-0.15, -0.1) is 0 Å². The first kappa shape index (κ1) is 14.0. The number of imidazole rings is 1. The minimum absolute atomic E-state index is 0.251. The summed E-state index contributed by atoms with van der Waals surface area (Å²) in [6.07, 6.45) is 3.19. The molecule has 0 saturated carbocycles. The summed E-state index contributed by atoms with van der Waals surface area (Å²) in [5.41, 5.74) is 2.49. The average Bonchev–Trinajstić information content (AvgIpc) is 2.90. The second kappa shape index (κ2) is 5.44. The number of rotatable bonds is 3. The molecule has 0 saturated heterocycles. The highest BCUT2D eigenvalue weighted by Crippen LogP contribution is 2.18. The van der Waals surface area contributed by atoms with E-state index < -0.39 is 0 Å². The number of aromatic nitrogens is 4. The molecular formula is C15H16N6O. The van der Waals surface area contributed by atoms with Crippen LogP contribution in [-0.2, 0) is 0 Å². The van der Waals surface area contributed by atoms with Gasteiger partial charge in [-0.25, -0.2) is 9.98 Å². The molecule has 1 aromatic carbocycles. The molecule has 0 spiro atoms. The van der Waals surface area contributed by atoms with Gasteiger partial charge in [-0.3, -0.25) is 14.3 Å². The van der Waals surface area contributed by atoms with Gasteiger partial charge in [-0.05, 0) is 18.6 Å². The van der Waals surface area contributed by atoms with Gasteiger partial charge in [0.2, 0.25) is 5.95 Å². The number of para-hydroxylation sites is 1. The third kappa shape index (κ3) is 2.48. The quantitative estimate of drug-likeness (QED) is 0.588. The van der Waals surface area contributed by atoms with Gasteiger partial charge in [-0.1, -0.05) is 18.2 Å². The normalized spacial score (nSPS) is 11.4. The standard InChI is InChI=1S/C15H16N6O/c1-10-6-4-5-7-11(10)21-9-16-12-13(21)18-15(19-14(12)22)17-8-20(2)3/h4-9H,1-3H3,(H,18,19,22)/b17-8+. The molecule has 0 amide bonds. The predicted molar refractivity (Wildman–Crippen MR) is 86.1 cm³/mol. The fraction of sp³-hybridized carbons (Fsp3) is 0.200. The molecule has 2 heterocycles. The van der Waals surface area contributed by atoms with E-state index in [0.29, 0.717) is 11.2 Å². The van der Waals surface area contributed by atoms with Gasteiger partial charge in [0, 0.05) is 14.1 Å². The van der Waals surface area contributed by atoms with E-state index >= 15 is 0 Å². The lowest BCUT2D eigenvalue weighted by atomic mass is 10.2. The monoisotopic (exact) mass is 296 g/mol. The Morgan fingerprint density at radius 1 is 1.32 bits per heavy atom. The second-order valence-electron chi connectivity index (χ2n) is 5.17. The number of benzene rings is 1. The molecule has 0 bridgehead atoms. The largest absolute Gasteiger partial charge is 0.369 e. The zero-order chi connectivity index (χ0) is 15.7. The van der Waals surface area contributed by atoms with Crippen molar-refractivity contribution < 1.29 is 0 Å². The van der Waals surface area contributed by atoms with Gasteiger partial charge in [0.1, 0.15) is 6.33 Å². The summed E-state index contributed by atoms with van der Waals surface area (Å²) in [6, 6.07) is 7.86. The third-order valence-corrected chi connectivity index (χ3v) is 3.18. The Bertz CT molecular complexity index is 906. The lowest BCUT2D eigenvalue weighted by Gasteiger charge is -2.07. The molecule has 2 aromatic heterocycles. The van der Waals surface area contributed by atoms with Crippen LogP contribution >= 0.6 is 0 Å². The zero-order valence-corrected chi connectivity index (χ0v) is 12.6. The minimum atomic E-state index is -0.303. The van der Waals surface area contributed by atoms with Crippen LogP contribution in [0.25, 0.3) is 16.9 Å². The highest BCUT2D eigenvalue weighted by molar-refractivity contribution is 5.73. The molecule has 0 radical (unpaired) electrons. The molecule has 0 aliphatic carbocycles. The topological polar surface area (TPSA) is 79.2 Å². The van der Waals surface area contributed by atoms with Crippen LogP contribution in [-0.4, -0.2) is 44.9 Å². The second-order valence-corrected chi connectivity index (χ2v) is 5.17. The van der Waals surface area contributed by atoms with Gasteiger partial charge in [0.15, 0.2) is 11.2 Å². The van der Waals surface area contributed by atoms with Crippen LogP contribution in [0.4, 0.5) is 5.95 Å². The van der Waals surface area contributed by atoms with Gasteiger partial charge in [-0.2, -0.15) is 4.98 Å². The maximum atomic E-state index is 12.1. The number of fused-ring (bicyclic) bond motifs is 1. The van der Waals surface area contributed by atoms with Gasteiger partial charge in [0.25, 0.3) is 5.56 Å². The summed E-state index contributed by atoms with van der Waals surface area (Å²) in [4.78, 5) is 29.2. The van der Waals surface area contributed by atoms with Crippen molar-refractivity contribution in [2.45, 2.75) is 6.92 Å². The lowest BCUT2D eigenvalue weighted by Crippen LogP contribution is -2.11. The van der Waals surface area contributed by atoms with Crippen molar-refractivity contribution in [2.24, 2.45) is 4.99 Å². The van der Waals surface area contributed by atoms with Crippen molar-refractivity contribution in [3.63, 3.8) is 0 Å². The van der Waals surface area contributed by atoms with Crippen LogP contribution in [0.15, 0.2) is 40.4 Å². The highest BCUT2D eigenvalue weighted by atomic mass is 16.1. The molecule has 3 aromatic rings. The Morgan fingerprint density at radius 3 is 2.82 bits per heavy atom. The molecule has 0 aliphatic rings. The molecule has 112 valence electrons. The zero-order valence-electron chi connectivity index (χ0n) is 12.6. The molecule has 1 N–H and O–H groups in total. The smallest absolute Gasteiger partial charge is 0.280 e. The van der Waals surface area contributed by atoms with Crippen molar-refractivity contribution in [2.75, 3.05) is 14.1 Å². The van der Waals surface area contributed by atoms with E-state index in [-0.39, 0.29) is 11.5 Å². The van der Waals surface area contributed by atoms with Gasteiger partial charge < -0.3 is 4.90 Å². The number of nitrogens with zero attached hydrogens (tertiary/aromatic N) is 5. The van der Waals surface area contributed by atoms with E-state index in [4.69, 9.17) is 0 Å². The van der Waals surface area contributed by atoms with E-state index in [9.17, 15) is 4.79 Å². The van der Waals surface area contributed by atoms with E-state index in [0.717, 1.165) is 11.3 Å². The van der Waals surface area contributed by atoms with Crippen molar-refractivity contribution in [3.05, 3.63) is 46.5 Å². The Kier molecular flexibility index (Phi) is 3.46. The molecule has 0 unspecified atom stereocenters. The van der Waals surface area contributed by atoms with Gasteiger partial charge in [0.05, 0.1) is 12.0 Å². The van der Waals surface area contributed by atoms with E-state index in [1.807, 2.05) is 45.3 Å². The number of hydrogen-bond acceptors (Lipinski definition) is 4. The molecule has 0 atom stereocenters. The summed E-state index contributed by atoms with van der Waals surface area (Å²) >= 11 is 0. The minimum Gasteiger partial charge on any atom is -0.369 e. The Labute approximate surface area is 127 Å². The molecule has 7 nitrogen and oxygen atoms in total. The average molecular weight is 296 g/mol. The Balaban J connectivity index is 2.21. The summed E-state index contributed by atoms with van der Waals surface area (Å²) in [6.45, 7) is 2.00. The SMILES string of the molecule is Cc1ccccc1-n1cnc2c(=O)[nH]c(/N=C/N(C)C)nc21. The van der Waals surface area contributed by atoms with Crippen LogP contribution in [0.3, 0.4) is 0 Å². The van der Waals surface area contributed by atoms with Crippen molar-refractivity contribution >= 4 is 23.5 Å². The van der Waals surface area contributed by atoms with Crippen LogP contribution in [0.5, 0.6) is 0 Å². The van der Waals surface area contributed by atoms with Crippen LogP contribution < -0.4 is 5.56 Å². The van der Waals surface area contributed by atoms with Crippen molar-refractivity contribution in [1.82, 2.24) is 24.4 Å². The Hall–Kier alpha value is -2.96. The number of aryl methyl sites for hydroxylation is 1. The van der Waals surface area contributed by atoms with Crippen molar-refractivity contribution in [1.29, 1.82) is 0 Å². The number of H-pyrrole nitrogens is 1. The summed E-state index contributed by atoms with van der Waals surface area (Å²) in [5.74, 6) is 0.251. The maximum absolute atomic E-state index is 12.1. The molecule has 3 rings (SSSR count). The molecular weight excluding hydrogens is 280 g/mol. The first-order chi connectivity index (χ1) is 10.6. The maximum Gasteiger partial charge on any atom is 0.280 e. The lowest BCUT2D eigenvalue weighted by molar-refractivity contribution is 0.642. The van der Waals surface area contributed by atoms with Crippen LogP contribution in [0.1, 0.15) is 5.56 Å². The number of aliphatic imine (C=N–C) groups is 1. The van der Waals surface area contributed by atoms with Gasteiger partial charge >= 0.3 is 0 Å². The summed E-state index contributed by atoms with van der Waals surface area (Å²) in [7, 11) is 3.69. The molecule has 0 aliphatic heterocycles. The number of aromatic amines is 1. The molecule has 22 heavy (non-hydrogen) atoms. The fourth-order valence-electron chi connectivity index (χ4n) is 2.14. The van der Waals surface area contributed by atoms with Crippen LogP contribution in [0.2, 0.25) is 0 Å². The number of nitrogens with one attached hydrogen (secondary N) is 1. The summed E-state index contributed by atoms with van der Waals surface area (Å²) in [5, 5.41) is 0. The van der Waals surface area contributed by atoms with Crippen LogP contribution in [0, 0.1) is 6.92 Å². The third-order valence-electron chi connectivity index (χ3n) is 3.18. The predicted octanol–water partition coefficient (Wildman–Crippen LogP) is 1.64. The summed E-state index contributed by atoms with van der Waals surface area (Å²) < 4.78 is 1.80. The highest BCUT2D eigenvalue weighted by Gasteiger charge is 2.12. The first-order valence-electron chi connectivity index (χ1n) is 6.80. The first-order valence-corrected chi connectivity index (χ1v) is 6.80. The number of hydrogen-bond donors (Lipinski definition) is 1.